The lowest BCUT2D eigenvalue weighted by Crippen LogP contribution is -2.34. The number of anilines is 1. The van der Waals surface area contributed by atoms with Gasteiger partial charge in [-0.1, -0.05) is 12.1 Å². The number of benzene rings is 1. The van der Waals surface area contributed by atoms with E-state index in [0.717, 1.165) is 0 Å². The number of carboxylic acids is 1. The minimum Gasteiger partial charge on any atom is -0.477 e. The summed E-state index contributed by atoms with van der Waals surface area (Å²) in [7, 11) is 0. The van der Waals surface area contributed by atoms with Gasteiger partial charge in [-0.15, -0.1) is 0 Å². The van der Waals surface area contributed by atoms with Crippen LogP contribution in [0.3, 0.4) is 0 Å². The van der Waals surface area contributed by atoms with E-state index in [2.05, 4.69) is 0 Å². The number of rotatable bonds is 5. The average molecular weight is 290 g/mol. The summed E-state index contributed by atoms with van der Waals surface area (Å²) in [6, 6.07) is 8.96. The molecule has 1 N–H and O–H groups in total. The number of hydrogen-bond acceptors (Lipinski definition) is 2. The predicted octanol–water partition coefficient (Wildman–Crippen LogP) is 2.38. The first-order valence-corrected chi connectivity index (χ1v) is 6.48. The van der Waals surface area contributed by atoms with Crippen molar-refractivity contribution in [1.82, 2.24) is 4.57 Å². The van der Waals surface area contributed by atoms with Crippen molar-refractivity contribution in [3.63, 3.8) is 0 Å². The second-order valence-corrected chi connectivity index (χ2v) is 4.42. The Bertz CT molecular complexity index is 666. The molecule has 2 rings (SSSR count). The molecule has 2 aromatic rings. The van der Waals surface area contributed by atoms with Crippen LogP contribution in [0, 0.1) is 5.82 Å². The summed E-state index contributed by atoms with van der Waals surface area (Å²) >= 11 is 0. The predicted molar refractivity (Wildman–Crippen MR) is 75.8 cm³/mol. The van der Waals surface area contributed by atoms with Gasteiger partial charge in [0.05, 0.1) is 5.69 Å². The van der Waals surface area contributed by atoms with Gasteiger partial charge in [-0.05, 0) is 31.2 Å². The number of amides is 1. The number of carbonyl (C=O) groups is 2. The van der Waals surface area contributed by atoms with Crippen LogP contribution < -0.4 is 4.90 Å². The topological polar surface area (TPSA) is 62.5 Å². The molecule has 110 valence electrons. The Kier molecular flexibility index (Phi) is 4.37. The van der Waals surface area contributed by atoms with Gasteiger partial charge in [-0.3, -0.25) is 4.79 Å². The van der Waals surface area contributed by atoms with Gasteiger partial charge in [0, 0.05) is 12.7 Å². The van der Waals surface area contributed by atoms with Crippen molar-refractivity contribution in [2.24, 2.45) is 0 Å². The van der Waals surface area contributed by atoms with E-state index in [1.54, 1.807) is 25.1 Å². The molecule has 0 aliphatic heterocycles. The zero-order valence-corrected chi connectivity index (χ0v) is 11.5. The Morgan fingerprint density at radius 3 is 2.57 bits per heavy atom. The van der Waals surface area contributed by atoms with E-state index in [1.165, 1.54) is 33.9 Å². The number of hydrogen-bond donors (Lipinski definition) is 1. The molecule has 0 radical (unpaired) electrons. The monoisotopic (exact) mass is 290 g/mol. The zero-order chi connectivity index (χ0) is 15.4. The normalized spacial score (nSPS) is 10.4. The molecule has 0 aliphatic rings. The number of para-hydroxylation sites is 1. The number of carbonyl (C=O) groups excluding carboxylic acids is 1. The van der Waals surface area contributed by atoms with E-state index < -0.39 is 11.8 Å². The molecule has 0 saturated heterocycles. The van der Waals surface area contributed by atoms with Crippen molar-refractivity contribution in [3.8, 4) is 0 Å². The summed E-state index contributed by atoms with van der Waals surface area (Å²) < 4.78 is 15.1. The lowest BCUT2D eigenvalue weighted by molar-refractivity contribution is -0.119. The number of carboxylic acid groups (broad SMARTS) is 1. The maximum atomic E-state index is 13.8. The fourth-order valence-corrected chi connectivity index (χ4v) is 2.13. The van der Waals surface area contributed by atoms with E-state index in [-0.39, 0.29) is 23.8 Å². The molecule has 1 aromatic carbocycles. The molecule has 0 bridgehead atoms. The second kappa shape index (κ2) is 6.21. The first-order valence-electron chi connectivity index (χ1n) is 6.48. The molecule has 0 saturated carbocycles. The Balaban J connectivity index is 2.24. The van der Waals surface area contributed by atoms with Crippen LogP contribution in [-0.4, -0.2) is 28.1 Å². The summed E-state index contributed by atoms with van der Waals surface area (Å²) in [6.07, 6.45) is 1.51. The van der Waals surface area contributed by atoms with Crippen LogP contribution in [0.4, 0.5) is 10.1 Å². The highest BCUT2D eigenvalue weighted by molar-refractivity contribution is 5.94. The third-order valence-corrected chi connectivity index (χ3v) is 3.11. The van der Waals surface area contributed by atoms with Gasteiger partial charge < -0.3 is 14.6 Å². The SMILES string of the molecule is CCN(C(=O)Cn1cccc1C(=O)O)c1ccccc1F. The molecule has 6 heteroatoms. The third kappa shape index (κ3) is 3.10. The average Bonchev–Trinajstić information content (AvgIpc) is 2.90. The van der Waals surface area contributed by atoms with Gasteiger partial charge in [0.15, 0.2) is 0 Å². The lowest BCUT2D eigenvalue weighted by atomic mass is 10.2. The fourth-order valence-electron chi connectivity index (χ4n) is 2.13. The van der Waals surface area contributed by atoms with Crippen molar-refractivity contribution in [2.75, 3.05) is 11.4 Å². The highest BCUT2D eigenvalue weighted by Gasteiger charge is 2.19. The van der Waals surface area contributed by atoms with E-state index in [4.69, 9.17) is 5.11 Å². The van der Waals surface area contributed by atoms with Crippen molar-refractivity contribution >= 4 is 17.6 Å². The summed E-state index contributed by atoms with van der Waals surface area (Å²) in [4.78, 5) is 24.6. The number of aromatic nitrogens is 1. The Hall–Kier alpha value is -2.63. The largest absolute Gasteiger partial charge is 0.477 e. The zero-order valence-electron chi connectivity index (χ0n) is 11.5. The molecule has 5 nitrogen and oxygen atoms in total. The van der Waals surface area contributed by atoms with Gasteiger partial charge in [0.25, 0.3) is 0 Å². The van der Waals surface area contributed by atoms with Crippen molar-refractivity contribution in [2.45, 2.75) is 13.5 Å². The van der Waals surface area contributed by atoms with Crippen LogP contribution in [0.1, 0.15) is 17.4 Å². The van der Waals surface area contributed by atoms with Crippen LogP contribution in [-0.2, 0) is 11.3 Å². The number of likely N-dealkylation sites (N-methyl/N-ethyl adjacent to an activating group) is 1. The van der Waals surface area contributed by atoms with Gasteiger partial charge in [-0.25, -0.2) is 9.18 Å². The highest BCUT2D eigenvalue weighted by Crippen LogP contribution is 2.19. The number of nitrogens with zero attached hydrogens (tertiary/aromatic N) is 2. The van der Waals surface area contributed by atoms with Crippen LogP contribution >= 0.6 is 0 Å². The van der Waals surface area contributed by atoms with Gasteiger partial charge in [0.2, 0.25) is 5.91 Å². The van der Waals surface area contributed by atoms with Crippen molar-refractivity contribution in [1.29, 1.82) is 0 Å². The molecular weight excluding hydrogens is 275 g/mol. The summed E-state index contributed by atoms with van der Waals surface area (Å²) in [6.45, 7) is 1.87. The van der Waals surface area contributed by atoms with Gasteiger partial charge >= 0.3 is 5.97 Å². The van der Waals surface area contributed by atoms with E-state index >= 15 is 0 Å². The van der Waals surface area contributed by atoms with Crippen molar-refractivity contribution < 1.29 is 19.1 Å². The van der Waals surface area contributed by atoms with E-state index in [0.29, 0.717) is 6.54 Å². The standard InChI is InChI=1S/C15H15FN2O3/c1-2-18(12-7-4-3-6-11(12)16)14(19)10-17-9-5-8-13(17)15(20)21/h3-9H,2,10H2,1H3,(H,20,21). The quantitative estimate of drug-likeness (QED) is 0.919. The van der Waals surface area contributed by atoms with Gasteiger partial charge in [-0.2, -0.15) is 0 Å². The van der Waals surface area contributed by atoms with Crippen LogP contribution in [0.5, 0.6) is 0 Å². The lowest BCUT2D eigenvalue weighted by Gasteiger charge is -2.22. The van der Waals surface area contributed by atoms with Crippen LogP contribution in [0.2, 0.25) is 0 Å². The summed E-state index contributed by atoms with van der Waals surface area (Å²) in [5, 5.41) is 9.02. The first kappa shape index (κ1) is 14.8. The van der Waals surface area contributed by atoms with Gasteiger partial charge in [0.1, 0.15) is 18.1 Å². The highest BCUT2D eigenvalue weighted by atomic mass is 19.1. The fraction of sp³-hybridized carbons (Fsp3) is 0.200. The molecule has 1 amide bonds. The van der Waals surface area contributed by atoms with Crippen LogP contribution in [0.15, 0.2) is 42.6 Å². The molecule has 21 heavy (non-hydrogen) atoms. The first-order chi connectivity index (χ1) is 10.0. The summed E-state index contributed by atoms with van der Waals surface area (Å²) in [5.41, 5.74) is 0.210. The Labute approximate surface area is 121 Å². The molecule has 0 aliphatic carbocycles. The van der Waals surface area contributed by atoms with E-state index in [9.17, 15) is 14.0 Å². The molecular formula is C15H15FN2O3. The Morgan fingerprint density at radius 2 is 1.95 bits per heavy atom. The molecule has 0 spiro atoms. The maximum Gasteiger partial charge on any atom is 0.352 e. The number of aromatic carboxylic acids is 1. The molecule has 0 unspecified atom stereocenters. The van der Waals surface area contributed by atoms with Crippen LogP contribution in [0.25, 0.3) is 0 Å². The minimum atomic E-state index is -1.11. The van der Waals surface area contributed by atoms with Crippen molar-refractivity contribution in [3.05, 3.63) is 54.1 Å². The third-order valence-electron chi connectivity index (χ3n) is 3.11. The molecule has 0 fully saturated rings. The molecule has 0 atom stereocenters. The minimum absolute atomic E-state index is 0.0212. The summed E-state index contributed by atoms with van der Waals surface area (Å²) in [5.74, 6) is -1.97. The van der Waals surface area contributed by atoms with E-state index in [1.807, 2.05) is 0 Å². The molecule has 1 heterocycles. The number of halogens is 1. The Morgan fingerprint density at radius 1 is 1.24 bits per heavy atom. The molecule has 1 aromatic heterocycles. The maximum absolute atomic E-state index is 13.8. The second-order valence-electron chi connectivity index (χ2n) is 4.42. The smallest absolute Gasteiger partial charge is 0.352 e.